The van der Waals surface area contributed by atoms with Crippen LogP contribution in [0.1, 0.15) is 45.1 Å². The Kier molecular flexibility index (Phi) is 5.23. The van der Waals surface area contributed by atoms with Crippen LogP contribution in [0.5, 0.6) is 5.75 Å². The monoisotopic (exact) mass is 290 g/mol. The number of benzene rings is 1. The van der Waals surface area contributed by atoms with Gasteiger partial charge in [0.25, 0.3) is 5.91 Å². The summed E-state index contributed by atoms with van der Waals surface area (Å²) in [4.78, 5) is 14.4. The summed E-state index contributed by atoms with van der Waals surface area (Å²) in [7, 11) is 0. The van der Waals surface area contributed by atoms with Crippen LogP contribution in [-0.2, 0) is 4.79 Å². The van der Waals surface area contributed by atoms with E-state index in [4.69, 9.17) is 10.5 Å². The van der Waals surface area contributed by atoms with Gasteiger partial charge >= 0.3 is 0 Å². The summed E-state index contributed by atoms with van der Waals surface area (Å²) in [6.07, 6.45) is 1.12. The maximum Gasteiger partial charge on any atom is 0.263 e. The first kappa shape index (κ1) is 15.8. The molecule has 2 atom stereocenters. The minimum atomic E-state index is -0.421. The number of amides is 1. The first-order valence-corrected chi connectivity index (χ1v) is 7.82. The highest BCUT2D eigenvalue weighted by Gasteiger charge is 2.30. The Morgan fingerprint density at radius 2 is 2.14 bits per heavy atom. The van der Waals surface area contributed by atoms with Crippen LogP contribution in [0.15, 0.2) is 24.3 Å². The van der Waals surface area contributed by atoms with Crippen LogP contribution < -0.4 is 10.5 Å². The van der Waals surface area contributed by atoms with Crippen LogP contribution in [0.25, 0.3) is 0 Å². The van der Waals surface area contributed by atoms with Crippen molar-refractivity contribution in [1.29, 1.82) is 0 Å². The van der Waals surface area contributed by atoms with Crippen molar-refractivity contribution in [2.45, 2.75) is 51.7 Å². The van der Waals surface area contributed by atoms with Gasteiger partial charge in [-0.05, 0) is 30.4 Å². The molecule has 1 saturated heterocycles. The Labute approximate surface area is 127 Å². The summed E-state index contributed by atoms with van der Waals surface area (Å²) < 4.78 is 6.03. The molecule has 0 aliphatic carbocycles. The molecule has 0 saturated carbocycles. The molecule has 1 aliphatic rings. The first-order chi connectivity index (χ1) is 10.0. The van der Waals surface area contributed by atoms with Crippen LogP contribution in [0, 0.1) is 0 Å². The third-order valence-electron chi connectivity index (χ3n) is 3.99. The second-order valence-corrected chi connectivity index (χ2v) is 6.04. The fourth-order valence-electron chi connectivity index (χ4n) is 2.72. The fourth-order valence-corrected chi connectivity index (χ4v) is 2.72. The van der Waals surface area contributed by atoms with Crippen LogP contribution in [0.3, 0.4) is 0 Å². The lowest BCUT2D eigenvalue weighted by molar-refractivity contribution is -0.137. The molecule has 2 rings (SSSR count). The average molecular weight is 290 g/mol. The summed E-state index contributed by atoms with van der Waals surface area (Å²) >= 11 is 0. The lowest BCUT2D eigenvalue weighted by Gasteiger charge is -2.25. The lowest BCUT2D eigenvalue weighted by atomic mass is 10.0. The standard InChI is InChI=1S/C17H26N2O2/c1-4-15(17(20)19-10-9-13(18)11-19)21-16-8-6-5-7-14(16)12(2)3/h5-8,12-13,15H,4,9-11,18H2,1-3H3. The van der Waals surface area contributed by atoms with Gasteiger partial charge in [-0.25, -0.2) is 0 Å². The Morgan fingerprint density at radius 1 is 1.43 bits per heavy atom. The molecular weight excluding hydrogens is 264 g/mol. The van der Waals surface area contributed by atoms with E-state index in [-0.39, 0.29) is 11.9 Å². The van der Waals surface area contributed by atoms with Gasteiger partial charge in [-0.1, -0.05) is 39.0 Å². The van der Waals surface area contributed by atoms with E-state index in [9.17, 15) is 4.79 Å². The summed E-state index contributed by atoms with van der Waals surface area (Å²) in [6.45, 7) is 7.63. The predicted molar refractivity (Wildman–Crippen MR) is 84.4 cm³/mol. The van der Waals surface area contributed by atoms with Crippen molar-refractivity contribution < 1.29 is 9.53 Å². The van der Waals surface area contributed by atoms with Gasteiger partial charge in [0.1, 0.15) is 5.75 Å². The van der Waals surface area contributed by atoms with Gasteiger partial charge in [0.05, 0.1) is 0 Å². The maximum absolute atomic E-state index is 12.6. The molecule has 0 bridgehead atoms. The van der Waals surface area contributed by atoms with Crippen LogP contribution in [0.2, 0.25) is 0 Å². The average Bonchev–Trinajstić information content (AvgIpc) is 2.91. The normalized spacial score (nSPS) is 19.9. The van der Waals surface area contributed by atoms with E-state index in [0.29, 0.717) is 18.9 Å². The summed E-state index contributed by atoms with van der Waals surface area (Å²) in [6, 6.07) is 8.06. The second kappa shape index (κ2) is 6.94. The van der Waals surface area contributed by atoms with E-state index in [2.05, 4.69) is 19.9 Å². The number of para-hydroxylation sites is 1. The van der Waals surface area contributed by atoms with Crippen LogP contribution >= 0.6 is 0 Å². The van der Waals surface area contributed by atoms with Gasteiger partial charge < -0.3 is 15.4 Å². The van der Waals surface area contributed by atoms with E-state index in [0.717, 1.165) is 24.3 Å². The van der Waals surface area contributed by atoms with Gasteiger partial charge in [0, 0.05) is 19.1 Å². The molecule has 1 aliphatic heterocycles. The van der Waals surface area contributed by atoms with Crippen LogP contribution in [-0.4, -0.2) is 36.0 Å². The Bertz CT molecular complexity index is 487. The largest absolute Gasteiger partial charge is 0.480 e. The van der Waals surface area contributed by atoms with Gasteiger partial charge in [0.2, 0.25) is 0 Å². The van der Waals surface area contributed by atoms with Crippen molar-refractivity contribution in [2.75, 3.05) is 13.1 Å². The Balaban J connectivity index is 2.10. The van der Waals surface area contributed by atoms with E-state index in [1.54, 1.807) is 0 Å². The van der Waals surface area contributed by atoms with Crippen molar-refractivity contribution >= 4 is 5.91 Å². The van der Waals surface area contributed by atoms with Gasteiger partial charge in [-0.15, -0.1) is 0 Å². The number of rotatable bonds is 5. The third kappa shape index (κ3) is 3.76. The van der Waals surface area contributed by atoms with Gasteiger partial charge in [0.15, 0.2) is 6.10 Å². The molecule has 4 nitrogen and oxygen atoms in total. The molecule has 2 N–H and O–H groups in total. The molecule has 2 unspecified atom stereocenters. The van der Waals surface area contributed by atoms with Crippen molar-refractivity contribution in [3.63, 3.8) is 0 Å². The van der Waals surface area contributed by atoms with Crippen molar-refractivity contribution in [3.05, 3.63) is 29.8 Å². The van der Waals surface area contributed by atoms with E-state index < -0.39 is 6.10 Å². The number of ether oxygens (including phenoxy) is 1. The smallest absolute Gasteiger partial charge is 0.263 e. The number of nitrogens with zero attached hydrogens (tertiary/aromatic N) is 1. The Morgan fingerprint density at radius 3 is 2.71 bits per heavy atom. The molecule has 0 spiro atoms. The molecule has 0 aromatic heterocycles. The minimum Gasteiger partial charge on any atom is -0.480 e. The Hall–Kier alpha value is -1.55. The molecule has 1 heterocycles. The van der Waals surface area contributed by atoms with Gasteiger partial charge in [-0.3, -0.25) is 4.79 Å². The molecule has 4 heteroatoms. The molecule has 1 aromatic carbocycles. The van der Waals surface area contributed by atoms with E-state index in [1.807, 2.05) is 30.0 Å². The first-order valence-electron chi connectivity index (χ1n) is 7.82. The summed E-state index contributed by atoms with van der Waals surface area (Å²) in [5.41, 5.74) is 7.03. The summed E-state index contributed by atoms with van der Waals surface area (Å²) in [5.74, 6) is 1.24. The molecular formula is C17H26N2O2. The highest BCUT2D eigenvalue weighted by atomic mass is 16.5. The molecule has 0 radical (unpaired) electrons. The van der Waals surface area contributed by atoms with Crippen LogP contribution in [0.4, 0.5) is 0 Å². The number of likely N-dealkylation sites (tertiary alicyclic amines) is 1. The maximum atomic E-state index is 12.6. The fraction of sp³-hybridized carbons (Fsp3) is 0.588. The van der Waals surface area contributed by atoms with Crippen molar-refractivity contribution in [3.8, 4) is 5.75 Å². The molecule has 1 fully saturated rings. The van der Waals surface area contributed by atoms with Crippen molar-refractivity contribution in [1.82, 2.24) is 4.90 Å². The summed E-state index contributed by atoms with van der Waals surface area (Å²) in [5, 5.41) is 0. The molecule has 1 amide bonds. The zero-order valence-electron chi connectivity index (χ0n) is 13.2. The van der Waals surface area contributed by atoms with E-state index >= 15 is 0 Å². The quantitative estimate of drug-likeness (QED) is 0.906. The number of hydrogen-bond donors (Lipinski definition) is 1. The topological polar surface area (TPSA) is 55.6 Å². The zero-order chi connectivity index (χ0) is 15.4. The lowest BCUT2D eigenvalue weighted by Crippen LogP contribution is -2.41. The number of nitrogens with two attached hydrogens (primary N) is 1. The van der Waals surface area contributed by atoms with Crippen molar-refractivity contribution in [2.24, 2.45) is 5.73 Å². The highest BCUT2D eigenvalue weighted by Crippen LogP contribution is 2.27. The molecule has 1 aromatic rings. The SMILES string of the molecule is CCC(Oc1ccccc1C(C)C)C(=O)N1CCC(N)C1. The molecule has 21 heavy (non-hydrogen) atoms. The second-order valence-electron chi connectivity index (χ2n) is 6.04. The number of carbonyl (C=O) groups is 1. The third-order valence-corrected chi connectivity index (χ3v) is 3.99. The van der Waals surface area contributed by atoms with E-state index in [1.165, 1.54) is 0 Å². The highest BCUT2D eigenvalue weighted by molar-refractivity contribution is 5.81. The van der Waals surface area contributed by atoms with Gasteiger partial charge in [-0.2, -0.15) is 0 Å². The zero-order valence-corrected chi connectivity index (χ0v) is 13.2. The number of carbonyl (C=O) groups excluding carboxylic acids is 1. The predicted octanol–water partition coefficient (Wildman–Crippen LogP) is 2.53. The number of hydrogen-bond acceptors (Lipinski definition) is 3. The minimum absolute atomic E-state index is 0.0593. The molecule has 116 valence electrons.